The lowest BCUT2D eigenvalue weighted by atomic mass is 10.2. The van der Waals surface area contributed by atoms with Crippen LogP contribution in [0.1, 0.15) is 24.9 Å². The molecule has 0 bridgehead atoms. The van der Waals surface area contributed by atoms with Crippen LogP contribution in [0.5, 0.6) is 0 Å². The van der Waals surface area contributed by atoms with Crippen LogP contribution in [0.4, 0.5) is 0 Å². The van der Waals surface area contributed by atoms with E-state index in [1.54, 1.807) is 6.92 Å². The van der Waals surface area contributed by atoms with Crippen molar-refractivity contribution >= 4 is 21.4 Å². The number of hydrogen-bond acceptors (Lipinski definition) is 4. The minimum atomic E-state index is -3.27. The number of aliphatic hydroxyl groups excluding tert-OH is 1. The molecule has 0 aliphatic heterocycles. The van der Waals surface area contributed by atoms with E-state index in [1.807, 2.05) is 16.8 Å². The van der Waals surface area contributed by atoms with Crippen LogP contribution in [-0.4, -0.2) is 25.9 Å². The van der Waals surface area contributed by atoms with E-state index in [0.29, 0.717) is 0 Å². The second-order valence-corrected chi connectivity index (χ2v) is 5.95. The highest BCUT2D eigenvalue weighted by Crippen LogP contribution is 2.16. The molecule has 0 spiro atoms. The van der Waals surface area contributed by atoms with Gasteiger partial charge in [0.15, 0.2) is 0 Å². The van der Waals surface area contributed by atoms with E-state index in [1.165, 1.54) is 11.3 Å². The Morgan fingerprint density at radius 3 is 2.87 bits per heavy atom. The van der Waals surface area contributed by atoms with Crippen molar-refractivity contribution in [2.75, 3.05) is 12.4 Å². The first-order valence-corrected chi connectivity index (χ1v) is 7.27. The molecular weight excluding hydrogens is 234 g/mol. The predicted octanol–water partition coefficient (Wildman–Crippen LogP) is 1.11. The van der Waals surface area contributed by atoms with Gasteiger partial charge < -0.3 is 5.11 Å². The van der Waals surface area contributed by atoms with Gasteiger partial charge in [0.2, 0.25) is 10.0 Å². The monoisotopic (exact) mass is 249 g/mol. The van der Waals surface area contributed by atoms with Crippen molar-refractivity contribution in [3.8, 4) is 0 Å². The van der Waals surface area contributed by atoms with Gasteiger partial charge in [-0.2, -0.15) is 11.3 Å². The molecule has 1 heterocycles. The van der Waals surface area contributed by atoms with E-state index < -0.39 is 10.0 Å². The largest absolute Gasteiger partial charge is 0.396 e. The molecule has 2 N–H and O–H groups in total. The third kappa shape index (κ3) is 4.29. The summed E-state index contributed by atoms with van der Waals surface area (Å²) >= 11 is 1.54. The molecule has 86 valence electrons. The van der Waals surface area contributed by atoms with Crippen LogP contribution in [0.15, 0.2) is 16.8 Å². The normalized spacial score (nSPS) is 14.0. The maximum Gasteiger partial charge on any atom is 0.212 e. The molecule has 0 aromatic carbocycles. The van der Waals surface area contributed by atoms with Crippen LogP contribution < -0.4 is 4.72 Å². The number of thiophene rings is 1. The smallest absolute Gasteiger partial charge is 0.212 e. The lowest BCUT2D eigenvalue weighted by Crippen LogP contribution is -2.29. The van der Waals surface area contributed by atoms with Crippen LogP contribution in [0.25, 0.3) is 0 Å². The summed E-state index contributed by atoms with van der Waals surface area (Å²) in [6, 6.07) is 1.68. The van der Waals surface area contributed by atoms with Gasteiger partial charge in [0.25, 0.3) is 0 Å². The summed E-state index contributed by atoms with van der Waals surface area (Å²) in [7, 11) is -3.27. The van der Waals surface area contributed by atoms with Gasteiger partial charge in [-0.05, 0) is 35.7 Å². The molecule has 0 aliphatic carbocycles. The molecule has 0 amide bonds. The van der Waals surface area contributed by atoms with Gasteiger partial charge in [-0.1, -0.05) is 0 Å². The topological polar surface area (TPSA) is 66.4 Å². The minimum Gasteiger partial charge on any atom is -0.396 e. The average molecular weight is 249 g/mol. The van der Waals surface area contributed by atoms with Crippen LogP contribution in [0.3, 0.4) is 0 Å². The van der Waals surface area contributed by atoms with Gasteiger partial charge in [-0.15, -0.1) is 0 Å². The van der Waals surface area contributed by atoms with Gasteiger partial charge in [-0.25, -0.2) is 13.1 Å². The van der Waals surface area contributed by atoms with Crippen LogP contribution in [-0.2, 0) is 10.0 Å². The third-order valence-electron chi connectivity index (χ3n) is 1.97. The minimum absolute atomic E-state index is 0.0298. The predicted molar refractivity (Wildman–Crippen MR) is 61.4 cm³/mol. The lowest BCUT2D eigenvalue weighted by Gasteiger charge is -2.12. The van der Waals surface area contributed by atoms with E-state index in [2.05, 4.69) is 4.72 Å². The number of nitrogens with one attached hydrogen (secondary N) is 1. The van der Waals surface area contributed by atoms with Gasteiger partial charge in [-0.3, -0.25) is 0 Å². The Morgan fingerprint density at radius 2 is 2.33 bits per heavy atom. The van der Waals surface area contributed by atoms with Crippen molar-refractivity contribution in [3.63, 3.8) is 0 Å². The molecule has 0 fully saturated rings. The molecule has 0 saturated heterocycles. The van der Waals surface area contributed by atoms with E-state index in [-0.39, 0.29) is 24.8 Å². The zero-order chi connectivity index (χ0) is 11.3. The first-order chi connectivity index (χ1) is 7.05. The summed E-state index contributed by atoms with van der Waals surface area (Å²) in [4.78, 5) is 0. The van der Waals surface area contributed by atoms with Crippen molar-refractivity contribution < 1.29 is 13.5 Å². The highest BCUT2D eigenvalue weighted by molar-refractivity contribution is 7.89. The van der Waals surface area contributed by atoms with Crippen molar-refractivity contribution in [3.05, 3.63) is 22.4 Å². The SMILES string of the molecule is CC(NS(=O)(=O)CCCO)c1ccsc1. The van der Waals surface area contributed by atoms with Crippen molar-refractivity contribution in [2.45, 2.75) is 19.4 Å². The molecule has 0 aliphatic rings. The van der Waals surface area contributed by atoms with E-state index in [0.717, 1.165) is 5.56 Å². The Bertz CT molecular complexity index is 372. The van der Waals surface area contributed by atoms with Gasteiger partial charge in [0, 0.05) is 12.6 Å². The Hall–Kier alpha value is -0.430. The van der Waals surface area contributed by atoms with E-state index in [4.69, 9.17) is 5.11 Å². The summed E-state index contributed by atoms with van der Waals surface area (Å²) in [6.07, 6.45) is 0.270. The fourth-order valence-corrected chi connectivity index (χ4v) is 3.23. The summed E-state index contributed by atoms with van der Waals surface area (Å²) in [5, 5.41) is 12.4. The second-order valence-electron chi connectivity index (χ2n) is 3.29. The molecule has 1 atom stereocenters. The van der Waals surface area contributed by atoms with E-state index in [9.17, 15) is 8.42 Å². The highest BCUT2D eigenvalue weighted by Gasteiger charge is 2.15. The summed E-state index contributed by atoms with van der Waals surface area (Å²) < 4.78 is 25.5. The van der Waals surface area contributed by atoms with Crippen molar-refractivity contribution in [2.24, 2.45) is 0 Å². The molecule has 1 aromatic rings. The zero-order valence-corrected chi connectivity index (χ0v) is 10.1. The number of rotatable bonds is 6. The summed E-state index contributed by atoms with van der Waals surface area (Å²) in [5.74, 6) is -0.0298. The fourth-order valence-electron chi connectivity index (χ4n) is 1.17. The van der Waals surface area contributed by atoms with Crippen molar-refractivity contribution in [1.82, 2.24) is 4.72 Å². The molecule has 0 saturated carbocycles. The van der Waals surface area contributed by atoms with Crippen LogP contribution in [0.2, 0.25) is 0 Å². The van der Waals surface area contributed by atoms with Crippen LogP contribution in [0, 0.1) is 0 Å². The van der Waals surface area contributed by atoms with Gasteiger partial charge in [0.1, 0.15) is 0 Å². The molecule has 4 nitrogen and oxygen atoms in total. The maximum atomic E-state index is 11.5. The summed E-state index contributed by atoms with van der Waals surface area (Å²) in [5.41, 5.74) is 0.965. The number of hydrogen-bond donors (Lipinski definition) is 2. The fraction of sp³-hybridized carbons (Fsp3) is 0.556. The molecule has 0 radical (unpaired) electrons. The van der Waals surface area contributed by atoms with Gasteiger partial charge >= 0.3 is 0 Å². The third-order valence-corrected chi connectivity index (χ3v) is 4.21. The number of sulfonamides is 1. The van der Waals surface area contributed by atoms with Crippen LogP contribution >= 0.6 is 11.3 Å². The Balaban J connectivity index is 2.54. The maximum absolute atomic E-state index is 11.5. The Labute approximate surface area is 94.0 Å². The number of aliphatic hydroxyl groups is 1. The quantitative estimate of drug-likeness (QED) is 0.793. The molecule has 15 heavy (non-hydrogen) atoms. The molecule has 1 rings (SSSR count). The first-order valence-electron chi connectivity index (χ1n) is 4.68. The molecule has 1 aromatic heterocycles. The first kappa shape index (κ1) is 12.6. The molecular formula is C9H15NO3S2. The highest BCUT2D eigenvalue weighted by atomic mass is 32.2. The Kier molecular flexibility index (Phi) is 4.72. The van der Waals surface area contributed by atoms with E-state index >= 15 is 0 Å². The Morgan fingerprint density at radius 1 is 1.60 bits per heavy atom. The van der Waals surface area contributed by atoms with Gasteiger partial charge in [0.05, 0.1) is 5.75 Å². The average Bonchev–Trinajstić information content (AvgIpc) is 2.67. The zero-order valence-electron chi connectivity index (χ0n) is 8.51. The summed E-state index contributed by atoms with van der Waals surface area (Å²) in [6.45, 7) is 1.70. The lowest BCUT2D eigenvalue weighted by molar-refractivity contribution is 0.295. The molecule has 6 heteroatoms. The standard InChI is InChI=1S/C9H15NO3S2/c1-8(9-3-5-14-7-9)10-15(12,13)6-2-4-11/h3,5,7-8,10-11H,2,4,6H2,1H3. The van der Waals surface area contributed by atoms with Crippen molar-refractivity contribution in [1.29, 1.82) is 0 Å². The molecule has 1 unspecified atom stereocenters. The second kappa shape index (κ2) is 5.60.